The summed E-state index contributed by atoms with van der Waals surface area (Å²) in [7, 11) is 0. The van der Waals surface area contributed by atoms with E-state index in [0.29, 0.717) is 15.9 Å². The fourth-order valence-electron chi connectivity index (χ4n) is 3.54. The molecule has 1 fully saturated rings. The lowest BCUT2D eigenvalue weighted by molar-refractivity contribution is -0.122. The van der Waals surface area contributed by atoms with Crippen molar-refractivity contribution >= 4 is 52.2 Å². The minimum atomic E-state index is -0.544. The Labute approximate surface area is 200 Å². The topological polar surface area (TPSA) is 87.8 Å². The van der Waals surface area contributed by atoms with E-state index >= 15 is 0 Å². The van der Waals surface area contributed by atoms with Gasteiger partial charge in [0.1, 0.15) is 5.25 Å². The molecule has 0 unspecified atom stereocenters. The second-order valence-electron chi connectivity index (χ2n) is 7.50. The first-order chi connectivity index (χ1) is 15.9. The fourth-order valence-corrected chi connectivity index (χ4v) is 4.59. The molecule has 1 aliphatic rings. The Morgan fingerprint density at radius 1 is 1.18 bits per heavy atom. The molecule has 3 aromatic rings. The quantitative estimate of drug-likeness (QED) is 0.397. The number of rotatable bonds is 6. The molecular formula is C24H22ClN5O2S. The monoisotopic (exact) mass is 479 g/mol. The molecule has 2 amide bonds. The highest BCUT2D eigenvalue weighted by atomic mass is 35.5. The lowest BCUT2D eigenvalue weighted by Crippen LogP contribution is -2.28. The highest BCUT2D eigenvalue weighted by Crippen LogP contribution is 2.24. The molecule has 2 aromatic carbocycles. The summed E-state index contributed by atoms with van der Waals surface area (Å²) in [5, 5.41) is 14.3. The van der Waals surface area contributed by atoms with Gasteiger partial charge in [0, 0.05) is 39.8 Å². The van der Waals surface area contributed by atoms with Crippen LogP contribution >= 0.6 is 23.4 Å². The second-order valence-corrected chi connectivity index (χ2v) is 9.13. The van der Waals surface area contributed by atoms with Crippen molar-refractivity contribution in [2.45, 2.75) is 25.5 Å². The molecule has 1 saturated heterocycles. The zero-order chi connectivity index (χ0) is 23.4. The van der Waals surface area contributed by atoms with E-state index in [9.17, 15) is 9.59 Å². The molecule has 33 heavy (non-hydrogen) atoms. The molecule has 9 heteroatoms. The zero-order valence-corrected chi connectivity index (χ0v) is 19.7. The Hall–Kier alpha value is -3.36. The third kappa shape index (κ3) is 5.53. The van der Waals surface area contributed by atoms with Gasteiger partial charge in [0.2, 0.25) is 11.8 Å². The number of para-hydroxylation sites is 1. The molecule has 0 radical (unpaired) electrons. The number of carbonyl (C=O) groups is 2. The van der Waals surface area contributed by atoms with Crippen molar-refractivity contribution in [2.24, 2.45) is 10.2 Å². The average Bonchev–Trinajstić information content (AvgIpc) is 3.27. The molecule has 0 aliphatic carbocycles. The van der Waals surface area contributed by atoms with E-state index in [-0.39, 0.29) is 18.2 Å². The second kappa shape index (κ2) is 10.1. The largest absolute Gasteiger partial charge is 0.326 e. The van der Waals surface area contributed by atoms with Gasteiger partial charge in [0.25, 0.3) is 0 Å². The Morgan fingerprint density at radius 3 is 2.64 bits per heavy atom. The summed E-state index contributed by atoms with van der Waals surface area (Å²) in [5.41, 5.74) is 4.69. The van der Waals surface area contributed by atoms with Crippen molar-refractivity contribution in [1.82, 2.24) is 9.88 Å². The lowest BCUT2D eigenvalue weighted by Gasteiger charge is -2.09. The molecule has 4 rings (SSSR count). The van der Waals surface area contributed by atoms with Crippen LogP contribution in [-0.4, -0.2) is 33.0 Å². The highest BCUT2D eigenvalue weighted by Gasteiger charge is 2.32. The minimum absolute atomic E-state index is 0.0520. The maximum absolute atomic E-state index is 12.2. The van der Waals surface area contributed by atoms with E-state index in [1.807, 2.05) is 62.4 Å². The standard InChI is InChI=1S/C24H22ClN5O2S/c1-15-12-17(16(2)30(15)20-10-8-18(25)9-11-20)14-26-29-24-28-23(32)21(33-24)13-22(31)27-19-6-4-3-5-7-19/h3-12,14,21H,13H2,1-2H3,(H,27,31)(H,28,29,32)/b26-14-/t21-/m1/s1. The van der Waals surface area contributed by atoms with E-state index in [0.717, 1.165) is 22.6 Å². The van der Waals surface area contributed by atoms with Crippen molar-refractivity contribution in [2.75, 3.05) is 5.32 Å². The summed E-state index contributed by atoms with van der Waals surface area (Å²) in [4.78, 5) is 24.5. The summed E-state index contributed by atoms with van der Waals surface area (Å²) in [5.74, 6) is -0.480. The number of thioether (sulfide) groups is 1. The van der Waals surface area contributed by atoms with Gasteiger partial charge in [0.05, 0.1) is 6.21 Å². The first-order valence-electron chi connectivity index (χ1n) is 10.3. The van der Waals surface area contributed by atoms with Crippen molar-refractivity contribution in [3.63, 3.8) is 0 Å². The van der Waals surface area contributed by atoms with E-state index in [1.54, 1.807) is 18.3 Å². The predicted molar refractivity (Wildman–Crippen MR) is 134 cm³/mol. The van der Waals surface area contributed by atoms with E-state index in [4.69, 9.17) is 11.6 Å². The van der Waals surface area contributed by atoms with Crippen LogP contribution in [0.25, 0.3) is 5.69 Å². The third-order valence-electron chi connectivity index (χ3n) is 5.11. The van der Waals surface area contributed by atoms with Crippen LogP contribution in [0, 0.1) is 13.8 Å². The van der Waals surface area contributed by atoms with Crippen LogP contribution in [0.15, 0.2) is 70.9 Å². The van der Waals surface area contributed by atoms with Gasteiger partial charge in [-0.1, -0.05) is 41.6 Å². The number of amides is 2. The van der Waals surface area contributed by atoms with Crippen molar-refractivity contribution in [3.05, 3.63) is 82.6 Å². The number of hydrogen-bond donors (Lipinski definition) is 2. The van der Waals surface area contributed by atoms with Gasteiger partial charge in [-0.3, -0.25) is 9.59 Å². The number of nitrogens with one attached hydrogen (secondary N) is 2. The summed E-state index contributed by atoms with van der Waals surface area (Å²) in [6.45, 7) is 4.02. The Morgan fingerprint density at radius 2 is 1.91 bits per heavy atom. The molecule has 0 spiro atoms. The number of aryl methyl sites for hydroxylation is 1. The molecule has 0 bridgehead atoms. The number of carbonyl (C=O) groups excluding carboxylic acids is 2. The molecule has 1 atom stereocenters. The number of nitrogens with zero attached hydrogens (tertiary/aromatic N) is 3. The van der Waals surface area contributed by atoms with Gasteiger partial charge in [-0.15, -0.1) is 5.10 Å². The number of aromatic nitrogens is 1. The van der Waals surface area contributed by atoms with Gasteiger partial charge in [0.15, 0.2) is 5.17 Å². The maximum Gasteiger partial charge on any atom is 0.240 e. The first kappa shape index (κ1) is 22.8. The Kier molecular flexibility index (Phi) is 6.96. The van der Waals surface area contributed by atoms with Crippen LogP contribution in [0.1, 0.15) is 23.4 Å². The van der Waals surface area contributed by atoms with Gasteiger partial charge in [-0.05, 0) is 56.3 Å². The molecule has 0 saturated carbocycles. The third-order valence-corrected chi connectivity index (χ3v) is 6.43. The zero-order valence-electron chi connectivity index (χ0n) is 18.1. The number of anilines is 1. The smallest absolute Gasteiger partial charge is 0.240 e. The van der Waals surface area contributed by atoms with Crippen LogP contribution in [0.3, 0.4) is 0 Å². The normalized spacial score (nSPS) is 17.0. The Balaban J connectivity index is 1.40. The van der Waals surface area contributed by atoms with Crippen molar-refractivity contribution in [3.8, 4) is 5.69 Å². The lowest BCUT2D eigenvalue weighted by atomic mass is 10.2. The molecular weight excluding hydrogens is 458 g/mol. The van der Waals surface area contributed by atoms with Crippen LogP contribution in [0.5, 0.6) is 0 Å². The summed E-state index contributed by atoms with van der Waals surface area (Å²) < 4.78 is 2.11. The summed E-state index contributed by atoms with van der Waals surface area (Å²) in [6.07, 6.45) is 1.71. The van der Waals surface area contributed by atoms with E-state index in [1.165, 1.54) is 11.8 Å². The predicted octanol–water partition coefficient (Wildman–Crippen LogP) is 4.70. The minimum Gasteiger partial charge on any atom is -0.326 e. The van der Waals surface area contributed by atoms with Crippen LogP contribution < -0.4 is 10.6 Å². The Bertz CT molecular complexity index is 1240. The number of hydrogen-bond acceptors (Lipinski definition) is 5. The van der Waals surface area contributed by atoms with Gasteiger partial charge in [-0.2, -0.15) is 5.10 Å². The van der Waals surface area contributed by atoms with E-state index < -0.39 is 5.25 Å². The molecule has 2 N–H and O–H groups in total. The summed E-state index contributed by atoms with van der Waals surface area (Å²) >= 11 is 7.20. The molecule has 2 heterocycles. The molecule has 1 aliphatic heterocycles. The van der Waals surface area contributed by atoms with Crippen LogP contribution in [0.2, 0.25) is 5.02 Å². The van der Waals surface area contributed by atoms with E-state index in [2.05, 4.69) is 25.4 Å². The van der Waals surface area contributed by atoms with Crippen molar-refractivity contribution in [1.29, 1.82) is 0 Å². The number of halogens is 1. The highest BCUT2D eigenvalue weighted by molar-refractivity contribution is 8.15. The van der Waals surface area contributed by atoms with Crippen molar-refractivity contribution < 1.29 is 9.59 Å². The summed E-state index contributed by atoms with van der Waals surface area (Å²) in [6, 6.07) is 18.8. The molecule has 7 nitrogen and oxygen atoms in total. The maximum atomic E-state index is 12.2. The molecule has 1 aromatic heterocycles. The first-order valence-corrected chi connectivity index (χ1v) is 11.5. The van der Waals surface area contributed by atoms with Gasteiger partial charge >= 0.3 is 0 Å². The average molecular weight is 480 g/mol. The number of benzene rings is 2. The number of amidine groups is 1. The fraction of sp³-hybridized carbons (Fsp3) is 0.167. The molecule has 168 valence electrons. The van der Waals surface area contributed by atoms with Crippen LogP contribution in [-0.2, 0) is 9.59 Å². The van der Waals surface area contributed by atoms with Gasteiger partial charge in [-0.25, -0.2) is 0 Å². The SMILES string of the molecule is Cc1cc(/C=N\N=C2\NC(=O)[C@@H](CC(=O)Nc3ccccc3)S2)c(C)n1-c1ccc(Cl)cc1. The van der Waals surface area contributed by atoms with Gasteiger partial charge < -0.3 is 15.2 Å². The van der Waals surface area contributed by atoms with Crippen LogP contribution in [0.4, 0.5) is 5.69 Å².